The molecule has 114 valence electrons. The molecule has 1 unspecified atom stereocenters. The maximum atomic E-state index is 5.97. The molecule has 2 heteroatoms. The molecule has 1 aromatic carbocycles. The van der Waals surface area contributed by atoms with Crippen LogP contribution in [0.25, 0.3) is 0 Å². The molecule has 2 N–H and O–H groups in total. The molecule has 0 aliphatic rings. The maximum Gasteiger partial charge on any atom is 0.122 e. The van der Waals surface area contributed by atoms with E-state index in [1.165, 1.54) is 17.5 Å². The van der Waals surface area contributed by atoms with Crippen molar-refractivity contribution in [2.24, 2.45) is 5.73 Å². The highest BCUT2D eigenvalue weighted by Crippen LogP contribution is 2.28. The van der Waals surface area contributed by atoms with Gasteiger partial charge < -0.3 is 10.5 Å². The summed E-state index contributed by atoms with van der Waals surface area (Å²) in [4.78, 5) is 0. The van der Waals surface area contributed by atoms with Crippen LogP contribution in [0.2, 0.25) is 0 Å². The number of ether oxygens (including phenoxy) is 1. The van der Waals surface area contributed by atoms with Gasteiger partial charge in [0.25, 0.3) is 0 Å². The van der Waals surface area contributed by atoms with E-state index < -0.39 is 0 Å². The first-order chi connectivity index (χ1) is 9.58. The summed E-state index contributed by atoms with van der Waals surface area (Å²) in [5.74, 6) is 1.55. The lowest BCUT2D eigenvalue weighted by Crippen LogP contribution is -2.18. The van der Waals surface area contributed by atoms with Gasteiger partial charge in [0.2, 0.25) is 0 Å². The van der Waals surface area contributed by atoms with Crippen molar-refractivity contribution in [2.75, 3.05) is 6.61 Å². The minimum atomic E-state index is 0.353. The molecule has 0 heterocycles. The van der Waals surface area contributed by atoms with Crippen LogP contribution >= 0.6 is 0 Å². The molecule has 1 rings (SSSR count). The standard InChI is InChI=1S/C18H31NO/c1-5-12-20-18-11-10-15(13-17(18)14(3)4)8-7-9-16(19)6-2/h10-11,13-14,16H,5-9,12,19H2,1-4H3. The third-order valence-corrected chi connectivity index (χ3v) is 3.72. The molecular weight excluding hydrogens is 246 g/mol. The van der Waals surface area contributed by atoms with Crippen LogP contribution in [0.15, 0.2) is 18.2 Å². The first-order valence-corrected chi connectivity index (χ1v) is 8.09. The summed E-state index contributed by atoms with van der Waals surface area (Å²) in [6.07, 6.45) is 5.51. The van der Waals surface area contributed by atoms with E-state index in [4.69, 9.17) is 10.5 Å². The summed E-state index contributed by atoms with van der Waals surface area (Å²) in [6.45, 7) is 9.54. The van der Waals surface area contributed by atoms with E-state index in [0.29, 0.717) is 12.0 Å². The van der Waals surface area contributed by atoms with Gasteiger partial charge in [0.15, 0.2) is 0 Å². The van der Waals surface area contributed by atoms with Crippen molar-refractivity contribution < 1.29 is 4.74 Å². The summed E-state index contributed by atoms with van der Waals surface area (Å²) >= 11 is 0. The number of aryl methyl sites for hydroxylation is 1. The fraction of sp³-hybridized carbons (Fsp3) is 0.667. The average Bonchev–Trinajstić information content (AvgIpc) is 2.45. The zero-order valence-corrected chi connectivity index (χ0v) is 13.6. The molecular formula is C18H31NO. The van der Waals surface area contributed by atoms with Crippen LogP contribution in [0.3, 0.4) is 0 Å². The lowest BCUT2D eigenvalue weighted by molar-refractivity contribution is 0.313. The van der Waals surface area contributed by atoms with Crippen LogP contribution < -0.4 is 10.5 Å². The molecule has 0 spiro atoms. The van der Waals surface area contributed by atoms with Gasteiger partial charge in [0.05, 0.1) is 6.61 Å². The minimum absolute atomic E-state index is 0.353. The average molecular weight is 277 g/mol. The lowest BCUT2D eigenvalue weighted by atomic mass is 9.96. The van der Waals surface area contributed by atoms with Gasteiger partial charge in [-0.2, -0.15) is 0 Å². The molecule has 0 aromatic heterocycles. The van der Waals surface area contributed by atoms with E-state index >= 15 is 0 Å². The molecule has 0 amide bonds. The number of rotatable bonds is 9. The van der Waals surface area contributed by atoms with E-state index in [1.54, 1.807) is 0 Å². The predicted octanol–water partition coefficient (Wildman–Crippen LogP) is 4.66. The fourth-order valence-corrected chi connectivity index (χ4v) is 2.32. The molecule has 0 bridgehead atoms. The van der Waals surface area contributed by atoms with Gasteiger partial charge in [-0.25, -0.2) is 0 Å². The second kappa shape index (κ2) is 9.02. The highest BCUT2D eigenvalue weighted by molar-refractivity contribution is 5.39. The zero-order valence-electron chi connectivity index (χ0n) is 13.6. The Morgan fingerprint density at radius 3 is 2.55 bits per heavy atom. The van der Waals surface area contributed by atoms with Gasteiger partial charge >= 0.3 is 0 Å². The molecule has 1 aromatic rings. The largest absolute Gasteiger partial charge is 0.493 e. The Morgan fingerprint density at radius 1 is 1.20 bits per heavy atom. The van der Waals surface area contributed by atoms with E-state index in [0.717, 1.165) is 38.0 Å². The van der Waals surface area contributed by atoms with Crippen LogP contribution in [-0.4, -0.2) is 12.6 Å². The van der Waals surface area contributed by atoms with E-state index in [-0.39, 0.29) is 0 Å². The van der Waals surface area contributed by atoms with Crippen LogP contribution in [0.4, 0.5) is 0 Å². The van der Waals surface area contributed by atoms with Crippen molar-refractivity contribution >= 4 is 0 Å². The Kier molecular flexibility index (Phi) is 7.68. The third kappa shape index (κ3) is 5.54. The molecule has 2 nitrogen and oxygen atoms in total. The topological polar surface area (TPSA) is 35.2 Å². The Labute approximate surface area is 124 Å². The predicted molar refractivity (Wildman–Crippen MR) is 87.5 cm³/mol. The molecule has 1 atom stereocenters. The molecule has 0 aliphatic heterocycles. The summed E-state index contributed by atoms with van der Waals surface area (Å²) < 4.78 is 5.84. The lowest BCUT2D eigenvalue weighted by Gasteiger charge is -2.16. The summed E-state index contributed by atoms with van der Waals surface area (Å²) in [7, 11) is 0. The second-order valence-electron chi connectivity index (χ2n) is 5.94. The maximum absolute atomic E-state index is 5.97. The van der Waals surface area contributed by atoms with Gasteiger partial charge in [0, 0.05) is 6.04 Å². The number of hydrogen-bond acceptors (Lipinski definition) is 2. The van der Waals surface area contributed by atoms with Crippen molar-refractivity contribution in [1.82, 2.24) is 0 Å². The van der Waals surface area contributed by atoms with Crippen molar-refractivity contribution in [3.63, 3.8) is 0 Å². The van der Waals surface area contributed by atoms with Crippen LogP contribution in [0.1, 0.15) is 70.4 Å². The Bertz CT molecular complexity index is 387. The molecule has 0 saturated heterocycles. The van der Waals surface area contributed by atoms with Crippen LogP contribution in [0, 0.1) is 0 Å². The van der Waals surface area contributed by atoms with Gasteiger partial charge in [-0.1, -0.05) is 39.8 Å². The highest BCUT2D eigenvalue weighted by atomic mass is 16.5. The van der Waals surface area contributed by atoms with Gasteiger partial charge in [-0.3, -0.25) is 0 Å². The SMILES string of the molecule is CCCOc1ccc(CCCC(N)CC)cc1C(C)C. The minimum Gasteiger partial charge on any atom is -0.493 e. The van der Waals surface area contributed by atoms with E-state index in [1.807, 2.05) is 0 Å². The van der Waals surface area contributed by atoms with Gasteiger partial charge in [0.1, 0.15) is 5.75 Å². The second-order valence-corrected chi connectivity index (χ2v) is 5.94. The summed E-state index contributed by atoms with van der Waals surface area (Å²) in [6, 6.07) is 7.01. The normalized spacial score (nSPS) is 12.7. The third-order valence-electron chi connectivity index (χ3n) is 3.72. The van der Waals surface area contributed by atoms with E-state index in [2.05, 4.69) is 45.9 Å². The van der Waals surface area contributed by atoms with Crippen molar-refractivity contribution in [1.29, 1.82) is 0 Å². The number of benzene rings is 1. The fourth-order valence-electron chi connectivity index (χ4n) is 2.32. The highest BCUT2D eigenvalue weighted by Gasteiger charge is 2.09. The smallest absolute Gasteiger partial charge is 0.122 e. The van der Waals surface area contributed by atoms with Crippen LogP contribution in [-0.2, 0) is 6.42 Å². The van der Waals surface area contributed by atoms with E-state index in [9.17, 15) is 0 Å². The molecule has 20 heavy (non-hydrogen) atoms. The quantitative estimate of drug-likeness (QED) is 0.712. The number of hydrogen-bond donors (Lipinski definition) is 1. The van der Waals surface area contributed by atoms with Crippen molar-refractivity contribution in [3.05, 3.63) is 29.3 Å². The van der Waals surface area contributed by atoms with Gasteiger partial charge in [-0.05, 0) is 55.2 Å². The Hall–Kier alpha value is -1.02. The summed E-state index contributed by atoms with van der Waals surface area (Å²) in [5, 5.41) is 0. The Morgan fingerprint density at radius 2 is 1.95 bits per heavy atom. The summed E-state index contributed by atoms with van der Waals surface area (Å²) in [5.41, 5.74) is 8.71. The first-order valence-electron chi connectivity index (χ1n) is 8.09. The van der Waals surface area contributed by atoms with Gasteiger partial charge in [-0.15, -0.1) is 0 Å². The van der Waals surface area contributed by atoms with Crippen LogP contribution in [0.5, 0.6) is 5.75 Å². The molecule has 0 saturated carbocycles. The molecule has 0 fully saturated rings. The zero-order chi connectivity index (χ0) is 15.0. The molecule has 0 aliphatic carbocycles. The Balaban J connectivity index is 2.67. The molecule has 0 radical (unpaired) electrons. The van der Waals surface area contributed by atoms with Crippen molar-refractivity contribution in [2.45, 2.75) is 71.8 Å². The number of nitrogens with two attached hydrogens (primary N) is 1. The monoisotopic (exact) mass is 277 g/mol. The van der Waals surface area contributed by atoms with Crippen molar-refractivity contribution in [3.8, 4) is 5.75 Å². The first kappa shape index (κ1) is 17.0.